The largest absolute Gasteiger partial charge is 0.338 e. The maximum atomic E-state index is 4.50. The van der Waals surface area contributed by atoms with Crippen molar-refractivity contribution in [1.29, 1.82) is 0 Å². The van der Waals surface area contributed by atoms with Gasteiger partial charge in [-0.05, 0) is 67.3 Å². The number of nitrogens with zero attached hydrogens (tertiary/aromatic N) is 3. The molecule has 4 nitrogen and oxygen atoms in total. The van der Waals surface area contributed by atoms with Gasteiger partial charge in [-0.3, -0.25) is 0 Å². The van der Waals surface area contributed by atoms with Gasteiger partial charge in [0, 0.05) is 28.6 Å². The number of halogens is 1. The summed E-state index contributed by atoms with van der Waals surface area (Å²) in [6.07, 6.45) is 9.02. The Kier molecular flexibility index (Phi) is 3.98. The van der Waals surface area contributed by atoms with Crippen molar-refractivity contribution in [3.8, 4) is 0 Å². The molecule has 1 N–H and O–H groups in total. The molecule has 1 aromatic heterocycles. The number of hydrogen-bond acceptors (Lipinski definition) is 4. The van der Waals surface area contributed by atoms with Crippen LogP contribution in [0.2, 0.25) is 0 Å². The van der Waals surface area contributed by atoms with Crippen molar-refractivity contribution >= 4 is 28.5 Å². The van der Waals surface area contributed by atoms with Gasteiger partial charge in [-0.15, -0.1) is 0 Å². The molecule has 0 aromatic carbocycles. The van der Waals surface area contributed by atoms with Gasteiger partial charge in [-0.1, -0.05) is 0 Å². The topological polar surface area (TPSA) is 41.1 Å². The predicted octanol–water partition coefficient (Wildman–Crippen LogP) is 2.05. The fraction of sp³-hybridized carbons (Fsp3) is 0.692. The van der Waals surface area contributed by atoms with E-state index in [2.05, 4.69) is 42.8 Å². The third-order valence-corrected chi connectivity index (χ3v) is 4.32. The first-order valence-electron chi connectivity index (χ1n) is 6.78. The number of nitrogens with one attached hydrogen (secondary N) is 1. The number of hydrogen-bond donors (Lipinski definition) is 1. The smallest absolute Gasteiger partial charge is 0.225 e. The second-order valence-electron chi connectivity index (χ2n) is 5.28. The van der Waals surface area contributed by atoms with Crippen LogP contribution in [0.1, 0.15) is 25.7 Å². The van der Waals surface area contributed by atoms with E-state index in [1.165, 1.54) is 25.7 Å². The fourth-order valence-electron chi connectivity index (χ4n) is 2.58. The molecule has 0 bridgehead atoms. The highest BCUT2D eigenvalue weighted by molar-refractivity contribution is 14.1. The summed E-state index contributed by atoms with van der Waals surface area (Å²) in [5, 5.41) is 3.43. The molecule has 0 amide bonds. The number of rotatable bonds is 4. The van der Waals surface area contributed by atoms with E-state index in [1.807, 2.05) is 12.4 Å². The zero-order valence-electron chi connectivity index (χ0n) is 10.5. The molecule has 3 rings (SSSR count). The van der Waals surface area contributed by atoms with Crippen molar-refractivity contribution in [3.63, 3.8) is 0 Å². The first-order chi connectivity index (χ1) is 8.83. The van der Waals surface area contributed by atoms with Gasteiger partial charge >= 0.3 is 0 Å². The van der Waals surface area contributed by atoms with E-state index in [0.717, 1.165) is 35.1 Å². The molecule has 5 heteroatoms. The summed E-state index contributed by atoms with van der Waals surface area (Å²) in [6.45, 7) is 3.46. The highest BCUT2D eigenvalue weighted by atomic mass is 127. The Morgan fingerprint density at radius 1 is 1.17 bits per heavy atom. The highest BCUT2D eigenvalue weighted by Crippen LogP contribution is 2.31. The molecule has 2 heterocycles. The Morgan fingerprint density at radius 3 is 2.44 bits per heavy atom. The third kappa shape index (κ3) is 3.12. The average Bonchev–Trinajstić information content (AvgIpc) is 3.23. The maximum absolute atomic E-state index is 4.50. The lowest BCUT2D eigenvalue weighted by Gasteiger charge is -2.30. The first kappa shape index (κ1) is 12.6. The molecule has 0 atom stereocenters. The van der Waals surface area contributed by atoms with E-state index in [0.29, 0.717) is 6.04 Å². The van der Waals surface area contributed by atoms with Crippen LogP contribution >= 0.6 is 22.6 Å². The Balaban J connectivity index is 1.69. The molecule has 18 heavy (non-hydrogen) atoms. The average molecular weight is 358 g/mol. The van der Waals surface area contributed by atoms with E-state index < -0.39 is 0 Å². The van der Waals surface area contributed by atoms with E-state index in [1.54, 1.807) is 0 Å². The first-order valence-corrected chi connectivity index (χ1v) is 7.86. The Bertz CT molecular complexity index is 384. The Hall–Kier alpha value is -0.430. The molecule has 1 saturated heterocycles. The molecule has 1 aliphatic heterocycles. The summed E-state index contributed by atoms with van der Waals surface area (Å²) in [5.74, 6) is 1.73. The molecular formula is C13H19IN4. The number of anilines is 1. The molecule has 0 spiro atoms. The second-order valence-corrected chi connectivity index (χ2v) is 6.52. The Morgan fingerprint density at radius 2 is 1.83 bits per heavy atom. The summed E-state index contributed by atoms with van der Waals surface area (Å²) < 4.78 is 1.11. The minimum Gasteiger partial charge on any atom is -0.338 e. The van der Waals surface area contributed by atoms with Crippen molar-refractivity contribution in [3.05, 3.63) is 16.0 Å². The molecule has 2 aliphatic rings. The molecular weight excluding hydrogens is 339 g/mol. The molecule has 1 aromatic rings. The van der Waals surface area contributed by atoms with Crippen LogP contribution in [0.25, 0.3) is 0 Å². The van der Waals surface area contributed by atoms with Gasteiger partial charge < -0.3 is 10.2 Å². The Labute approximate surface area is 122 Å². The molecule has 1 saturated carbocycles. The van der Waals surface area contributed by atoms with Crippen LogP contribution in [-0.2, 0) is 0 Å². The van der Waals surface area contributed by atoms with Crippen molar-refractivity contribution in [1.82, 2.24) is 15.3 Å². The summed E-state index contributed by atoms with van der Waals surface area (Å²) in [4.78, 5) is 11.4. The molecule has 98 valence electrons. The summed E-state index contributed by atoms with van der Waals surface area (Å²) in [7, 11) is 0. The van der Waals surface area contributed by atoms with Gasteiger partial charge in [0.1, 0.15) is 0 Å². The second kappa shape index (κ2) is 5.69. The van der Waals surface area contributed by atoms with E-state index >= 15 is 0 Å². The zero-order valence-corrected chi connectivity index (χ0v) is 12.6. The predicted molar refractivity (Wildman–Crippen MR) is 80.7 cm³/mol. The number of piperidine rings is 1. The third-order valence-electron chi connectivity index (χ3n) is 3.76. The maximum Gasteiger partial charge on any atom is 0.225 e. The summed E-state index contributed by atoms with van der Waals surface area (Å²) in [6, 6.07) is 0.694. The summed E-state index contributed by atoms with van der Waals surface area (Å²) >= 11 is 2.26. The zero-order chi connectivity index (χ0) is 12.4. The van der Waals surface area contributed by atoms with Crippen molar-refractivity contribution in [2.45, 2.75) is 31.7 Å². The number of aromatic nitrogens is 2. The standard InChI is InChI=1S/C13H19IN4/c14-11-7-16-13(17-8-11)18(12-1-2-12)9-10-3-5-15-6-4-10/h7-8,10,12,15H,1-6,9H2. The van der Waals surface area contributed by atoms with E-state index in [-0.39, 0.29) is 0 Å². The van der Waals surface area contributed by atoms with Crippen molar-refractivity contribution in [2.75, 3.05) is 24.5 Å². The molecule has 2 fully saturated rings. The monoisotopic (exact) mass is 358 g/mol. The van der Waals surface area contributed by atoms with Crippen LogP contribution in [0.5, 0.6) is 0 Å². The van der Waals surface area contributed by atoms with Gasteiger partial charge in [0.15, 0.2) is 0 Å². The van der Waals surface area contributed by atoms with Crippen LogP contribution in [0.3, 0.4) is 0 Å². The molecule has 0 radical (unpaired) electrons. The van der Waals surface area contributed by atoms with Crippen LogP contribution < -0.4 is 10.2 Å². The van der Waals surface area contributed by atoms with Gasteiger partial charge in [-0.25, -0.2) is 9.97 Å². The van der Waals surface area contributed by atoms with E-state index in [9.17, 15) is 0 Å². The van der Waals surface area contributed by atoms with Crippen LogP contribution in [0, 0.1) is 9.49 Å². The quantitative estimate of drug-likeness (QED) is 0.837. The van der Waals surface area contributed by atoms with Crippen molar-refractivity contribution in [2.24, 2.45) is 5.92 Å². The fourth-order valence-corrected chi connectivity index (χ4v) is 2.85. The molecule has 0 unspecified atom stereocenters. The lowest BCUT2D eigenvalue weighted by atomic mass is 9.97. The van der Waals surface area contributed by atoms with Gasteiger partial charge in [0.2, 0.25) is 5.95 Å². The van der Waals surface area contributed by atoms with Crippen LogP contribution in [0.15, 0.2) is 12.4 Å². The minimum absolute atomic E-state index is 0.694. The van der Waals surface area contributed by atoms with Crippen molar-refractivity contribution < 1.29 is 0 Å². The summed E-state index contributed by atoms with van der Waals surface area (Å²) in [5.41, 5.74) is 0. The van der Waals surface area contributed by atoms with Gasteiger partial charge in [0.05, 0.1) is 0 Å². The highest BCUT2D eigenvalue weighted by Gasteiger charge is 2.32. The van der Waals surface area contributed by atoms with E-state index in [4.69, 9.17) is 0 Å². The lowest BCUT2D eigenvalue weighted by Crippen LogP contribution is -2.38. The molecule has 1 aliphatic carbocycles. The minimum atomic E-state index is 0.694. The SMILES string of the molecule is Ic1cnc(N(CC2CCNCC2)C2CC2)nc1. The lowest BCUT2D eigenvalue weighted by molar-refractivity contribution is 0.371. The normalized spacial score (nSPS) is 20.9. The van der Waals surface area contributed by atoms with Gasteiger partial charge in [0.25, 0.3) is 0 Å². The van der Waals surface area contributed by atoms with Crippen LogP contribution in [-0.4, -0.2) is 35.6 Å². The van der Waals surface area contributed by atoms with Gasteiger partial charge in [-0.2, -0.15) is 0 Å². The van der Waals surface area contributed by atoms with Crippen LogP contribution in [0.4, 0.5) is 5.95 Å².